The van der Waals surface area contributed by atoms with Crippen molar-refractivity contribution >= 4 is 25.7 Å². The molecule has 2 fully saturated rings. The summed E-state index contributed by atoms with van der Waals surface area (Å²) in [4.78, 5) is 0.410. The van der Waals surface area contributed by atoms with Crippen LogP contribution < -0.4 is 25.8 Å². The number of sulfonamides is 2. The molecule has 2 saturated heterocycles. The summed E-state index contributed by atoms with van der Waals surface area (Å²) in [5.74, 6) is -0.499. The average molecular weight is 504 g/mol. The normalized spacial score (nSPS) is 24.3. The minimum absolute atomic E-state index is 0.0606. The molecular weight excluding hydrogens is 477 g/mol. The van der Waals surface area contributed by atoms with Crippen LogP contribution in [0.25, 0.3) is 11.4 Å². The van der Waals surface area contributed by atoms with Crippen LogP contribution in [0.2, 0.25) is 0 Å². The summed E-state index contributed by atoms with van der Waals surface area (Å²) in [6.07, 6.45) is -0.266. The van der Waals surface area contributed by atoms with Crippen molar-refractivity contribution < 1.29 is 21.2 Å². The molecule has 0 amide bonds. The molecule has 7 N–H and O–H groups in total. The van der Waals surface area contributed by atoms with E-state index in [1.165, 1.54) is 6.07 Å². The summed E-state index contributed by atoms with van der Waals surface area (Å²) in [5, 5.41) is 22.0. The molecule has 33 heavy (non-hydrogen) atoms. The molecule has 0 bridgehead atoms. The average Bonchev–Trinajstić information content (AvgIpc) is 3.46. The maximum Gasteiger partial charge on any atom is 0.242 e. The van der Waals surface area contributed by atoms with Crippen LogP contribution in [0.4, 0.5) is 10.1 Å². The Bertz CT molecular complexity index is 1200. The Kier molecular flexibility index (Phi) is 6.66. The third kappa shape index (κ3) is 4.85. The molecule has 16 heteroatoms. The van der Waals surface area contributed by atoms with Crippen molar-refractivity contribution in [3.8, 4) is 11.4 Å². The number of hydrogen-bond acceptors (Lipinski definition) is 10. The van der Waals surface area contributed by atoms with Gasteiger partial charge in [0.15, 0.2) is 0 Å². The molecule has 0 radical (unpaired) electrons. The maximum absolute atomic E-state index is 14.7. The lowest BCUT2D eigenvalue weighted by Gasteiger charge is -2.36. The number of rotatable bonds is 7. The van der Waals surface area contributed by atoms with E-state index in [4.69, 9.17) is 10.9 Å². The number of aromatic nitrogens is 4. The number of piperidine rings is 1. The van der Waals surface area contributed by atoms with E-state index >= 15 is 0 Å². The third-order valence-corrected chi connectivity index (χ3v) is 8.63. The standard InChI is InChI=1S/C17H26FN9O4S2/c18-12-9-27(6-4-10(12)7-19)13-1-2-14(33(30,31)24-11-3-5-21-8-11)16(32(20,28)29)15(13)17-22-25-26-23-17/h1-2,10-12,21,24H,3-9,19H2,(H2,20,28,29)(H,22,23,25,26)/t10-,11-,12-/m1/s1. The van der Waals surface area contributed by atoms with Crippen LogP contribution in [0.15, 0.2) is 21.9 Å². The molecule has 4 rings (SSSR count). The second kappa shape index (κ2) is 9.19. The molecule has 1 aromatic heterocycles. The molecule has 3 heterocycles. The molecule has 2 aromatic rings. The number of tetrazole rings is 1. The van der Waals surface area contributed by atoms with Crippen LogP contribution in [0.3, 0.4) is 0 Å². The molecule has 182 valence electrons. The second-order valence-electron chi connectivity index (χ2n) is 8.12. The number of H-pyrrole nitrogens is 1. The zero-order chi connectivity index (χ0) is 23.8. The monoisotopic (exact) mass is 503 g/mol. The molecule has 2 aliphatic rings. The fourth-order valence-corrected chi connectivity index (χ4v) is 7.14. The summed E-state index contributed by atoms with van der Waals surface area (Å²) >= 11 is 0. The first kappa shape index (κ1) is 23.9. The van der Waals surface area contributed by atoms with Crippen LogP contribution >= 0.6 is 0 Å². The highest BCUT2D eigenvalue weighted by Gasteiger charge is 2.36. The number of hydrogen-bond donors (Lipinski definition) is 5. The smallest absolute Gasteiger partial charge is 0.242 e. The van der Waals surface area contributed by atoms with E-state index in [1.54, 1.807) is 4.90 Å². The Morgan fingerprint density at radius 1 is 1.24 bits per heavy atom. The number of aromatic amines is 1. The van der Waals surface area contributed by atoms with E-state index in [-0.39, 0.29) is 36.1 Å². The lowest BCUT2D eigenvalue weighted by Crippen LogP contribution is -2.44. The zero-order valence-corrected chi connectivity index (χ0v) is 19.2. The minimum atomic E-state index is -4.59. The van der Waals surface area contributed by atoms with Crippen molar-refractivity contribution in [3.05, 3.63) is 12.1 Å². The lowest BCUT2D eigenvalue weighted by atomic mass is 9.94. The SMILES string of the molecule is NC[C@H]1CCN(c2ccc(S(=O)(=O)N[C@@H]3CCNC3)c(S(N)(=O)=O)c2-c2nn[nH]n2)C[C@H]1F. The van der Waals surface area contributed by atoms with Crippen LogP contribution in [-0.2, 0) is 20.0 Å². The number of alkyl halides is 1. The van der Waals surface area contributed by atoms with E-state index < -0.39 is 42.1 Å². The van der Waals surface area contributed by atoms with E-state index in [1.807, 2.05) is 0 Å². The fraction of sp³-hybridized carbons (Fsp3) is 0.588. The summed E-state index contributed by atoms with van der Waals surface area (Å²) < 4.78 is 69.0. The van der Waals surface area contributed by atoms with Gasteiger partial charge in [0.25, 0.3) is 0 Å². The number of nitrogens with two attached hydrogens (primary N) is 2. The highest BCUT2D eigenvalue weighted by atomic mass is 32.2. The summed E-state index contributed by atoms with van der Waals surface area (Å²) in [7, 11) is -8.88. The van der Waals surface area contributed by atoms with Crippen molar-refractivity contribution in [2.45, 2.75) is 34.8 Å². The molecule has 0 saturated carbocycles. The number of primary sulfonamides is 1. The fourth-order valence-electron chi connectivity index (χ4n) is 4.27. The molecular formula is C17H26FN9O4S2. The third-order valence-electron chi connectivity index (χ3n) is 5.94. The molecule has 0 aliphatic carbocycles. The molecule has 2 aliphatic heterocycles. The summed E-state index contributed by atoms with van der Waals surface area (Å²) in [5.41, 5.74) is 5.72. The van der Waals surface area contributed by atoms with Gasteiger partial charge in [-0.2, -0.15) is 5.21 Å². The van der Waals surface area contributed by atoms with Gasteiger partial charge in [0.1, 0.15) is 16.0 Å². The van der Waals surface area contributed by atoms with Gasteiger partial charge in [-0.15, -0.1) is 10.2 Å². The van der Waals surface area contributed by atoms with Crippen molar-refractivity contribution in [2.24, 2.45) is 16.8 Å². The Labute approximate surface area is 190 Å². The van der Waals surface area contributed by atoms with Crippen LogP contribution in [-0.4, -0.2) is 82.4 Å². The quantitative estimate of drug-likeness (QED) is 0.289. The van der Waals surface area contributed by atoms with Gasteiger partial charge < -0.3 is 16.0 Å². The van der Waals surface area contributed by atoms with E-state index in [9.17, 15) is 21.2 Å². The van der Waals surface area contributed by atoms with Crippen molar-refractivity contribution in [1.29, 1.82) is 0 Å². The van der Waals surface area contributed by atoms with Crippen LogP contribution in [0, 0.1) is 5.92 Å². The highest BCUT2D eigenvalue weighted by Crippen LogP contribution is 2.39. The summed E-state index contributed by atoms with van der Waals surface area (Å²) in [6.45, 7) is 1.54. The highest BCUT2D eigenvalue weighted by molar-refractivity contribution is 7.92. The Morgan fingerprint density at radius 3 is 2.61 bits per heavy atom. The van der Waals surface area contributed by atoms with Gasteiger partial charge in [0.05, 0.1) is 5.56 Å². The zero-order valence-electron chi connectivity index (χ0n) is 17.6. The molecule has 0 unspecified atom stereocenters. The van der Waals surface area contributed by atoms with E-state index in [0.717, 1.165) is 6.07 Å². The first-order valence-electron chi connectivity index (χ1n) is 10.4. The van der Waals surface area contributed by atoms with Gasteiger partial charge in [-0.3, -0.25) is 0 Å². The number of benzene rings is 1. The van der Waals surface area contributed by atoms with Crippen LogP contribution in [0.5, 0.6) is 0 Å². The molecule has 0 spiro atoms. The maximum atomic E-state index is 14.7. The Morgan fingerprint density at radius 2 is 2.03 bits per heavy atom. The van der Waals surface area contributed by atoms with Crippen molar-refractivity contribution in [2.75, 3.05) is 37.6 Å². The number of halogens is 1. The largest absolute Gasteiger partial charge is 0.368 e. The van der Waals surface area contributed by atoms with Gasteiger partial charge in [-0.25, -0.2) is 31.1 Å². The number of anilines is 1. The van der Waals surface area contributed by atoms with E-state index in [2.05, 4.69) is 30.7 Å². The second-order valence-corrected chi connectivity index (χ2v) is 11.3. The minimum Gasteiger partial charge on any atom is -0.368 e. The first-order valence-corrected chi connectivity index (χ1v) is 13.4. The molecule has 13 nitrogen and oxygen atoms in total. The predicted octanol–water partition coefficient (Wildman–Crippen LogP) is -1.72. The van der Waals surface area contributed by atoms with Gasteiger partial charge in [0, 0.05) is 37.3 Å². The molecule has 1 aromatic carbocycles. The van der Waals surface area contributed by atoms with Gasteiger partial charge in [0.2, 0.25) is 25.9 Å². The number of nitrogens with zero attached hydrogens (tertiary/aromatic N) is 4. The number of nitrogens with one attached hydrogen (secondary N) is 3. The molecule has 3 atom stereocenters. The Balaban J connectivity index is 1.88. The summed E-state index contributed by atoms with van der Waals surface area (Å²) in [6, 6.07) is 2.17. The van der Waals surface area contributed by atoms with Crippen molar-refractivity contribution in [3.63, 3.8) is 0 Å². The van der Waals surface area contributed by atoms with Crippen molar-refractivity contribution in [1.82, 2.24) is 30.7 Å². The topological polar surface area (TPSA) is 202 Å². The van der Waals surface area contributed by atoms with Gasteiger partial charge in [-0.1, -0.05) is 0 Å². The van der Waals surface area contributed by atoms with Gasteiger partial charge >= 0.3 is 0 Å². The van der Waals surface area contributed by atoms with E-state index in [0.29, 0.717) is 32.5 Å². The predicted molar refractivity (Wildman–Crippen MR) is 117 cm³/mol. The first-order chi connectivity index (χ1) is 15.6. The lowest BCUT2D eigenvalue weighted by molar-refractivity contribution is 0.202. The Hall–Kier alpha value is -2.24. The van der Waals surface area contributed by atoms with Gasteiger partial charge in [-0.05, 0) is 43.3 Å². The van der Waals surface area contributed by atoms with Crippen LogP contribution in [0.1, 0.15) is 12.8 Å².